The van der Waals surface area contributed by atoms with E-state index in [-0.39, 0.29) is 11.5 Å². The smallest absolute Gasteiger partial charge is 0.0818 e. The number of benzene rings is 1. The molecule has 1 aromatic carbocycles. The zero-order valence-corrected chi connectivity index (χ0v) is 11.2. The van der Waals surface area contributed by atoms with E-state index in [0.717, 1.165) is 5.56 Å². The van der Waals surface area contributed by atoms with Crippen molar-refractivity contribution in [2.75, 3.05) is 0 Å². The van der Waals surface area contributed by atoms with Crippen LogP contribution in [0.5, 0.6) is 0 Å². The molecule has 1 aromatic rings. The summed E-state index contributed by atoms with van der Waals surface area (Å²) in [5, 5.41) is 10.3. The highest BCUT2D eigenvalue weighted by Gasteiger charge is 2.24. The van der Waals surface area contributed by atoms with Crippen LogP contribution >= 0.6 is 0 Å². The molecule has 0 saturated heterocycles. The molecule has 0 radical (unpaired) electrons. The van der Waals surface area contributed by atoms with Crippen LogP contribution in [0.1, 0.15) is 63.7 Å². The summed E-state index contributed by atoms with van der Waals surface area (Å²) in [5.74, 6) is 0.482. The second-order valence-electron chi connectivity index (χ2n) is 6.36. The highest BCUT2D eigenvalue weighted by Crippen LogP contribution is 2.36. The third-order valence-electron chi connectivity index (χ3n) is 3.96. The van der Waals surface area contributed by atoms with E-state index in [9.17, 15) is 5.11 Å². The van der Waals surface area contributed by atoms with Gasteiger partial charge in [-0.05, 0) is 35.3 Å². The van der Waals surface area contributed by atoms with E-state index in [0.29, 0.717) is 5.92 Å². The lowest BCUT2D eigenvalue weighted by Crippen LogP contribution is -2.12. The number of rotatable bonds is 2. The average Bonchev–Trinajstić information content (AvgIpc) is 2.80. The lowest BCUT2D eigenvalue weighted by Gasteiger charge is -2.22. The fraction of sp³-hybridized carbons (Fsp3) is 0.625. The molecule has 0 aliphatic heterocycles. The van der Waals surface area contributed by atoms with Gasteiger partial charge in [-0.3, -0.25) is 0 Å². The summed E-state index contributed by atoms with van der Waals surface area (Å²) in [7, 11) is 0. The SMILES string of the molecule is CC(C)(C)c1ccc(C(O)C2CCCC2)cc1. The zero-order valence-electron chi connectivity index (χ0n) is 11.2. The quantitative estimate of drug-likeness (QED) is 0.810. The molecule has 94 valence electrons. The first kappa shape index (κ1) is 12.6. The molecule has 0 heterocycles. The Bertz CT molecular complexity index is 352. The number of aliphatic hydroxyl groups is 1. The van der Waals surface area contributed by atoms with E-state index in [1.54, 1.807) is 0 Å². The van der Waals surface area contributed by atoms with Crippen LogP contribution in [0, 0.1) is 5.92 Å². The van der Waals surface area contributed by atoms with Gasteiger partial charge in [0, 0.05) is 0 Å². The molecule has 17 heavy (non-hydrogen) atoms. The minimum Gasteiger partial charge on any atom is -0.388 e. The van der Waals surface area contributed by atoms with Gasteiger partial charge in [0.2, 0.25) is 0 Å². The molecule has 0 aromatic heterocycles. The van der Waals surface area contributed by atoms with E-state index in [1.165, 1.54) is 31.2 Å². The fourth-order valence-electron chi connectivity index (χ4n) is 2.73. The van der Waals surface area contributed by atoms with E-state index >= 15 is 0 Å². The Kier molecular flexibility index (Phi) is 3.58. The molecule has 2 rings (SSSR count). The Morgan fingerprint density at radius 3 is 2.06 bits per heavy atom. The normalized spacial score (nSPS) is 19.5. The Balaban J connectivity index is 2.12. The van der Waals surface area contributed by atoms with Gasteiger partial charge in [-0.2, -0.15) is 0 Å². The van der Waals surface area contributed by atoms with Gasteiger partial charge in [-0.15, -0.1) is 0 Å². The van der Waals surface area contributed by atoms with Gasteiger partial charge in [0.25, 0.3) is 0 Å². The van der Waals surface area contributed by atoms with Gasteiger partial charge < -0.3 is 5.11 Å². The van der Waals surface area contributed by atoms with Crippen molar-refractivity contribution in [2.24, 2.45) is 5.92 Å². The maximum Gasteiger partial charge on any atom is 0.0818 e. The monoisotopic (exact) mass is 232 g/mol. The van der Waals surface area contributed by atoms with Gasteiger partial charge in [-0.25, -0.2) is 0 Å². The van der Waals surface area contributed by atoms with Crippen LogP contribution in [0.2, 0.25) is 0 Å². The molecule has 1 fully saturated rings. The molecule has 1 nitrogen and oxygen atoms in total. The van der Waals surface area contributed by atoms with Crippen molar-refractivity contribution in [1.82, 2.24) is 0 Å². The zero-order chi connectivity index (χ0) is 12.5. The molecular weight excluding hydrogens is 208 g/mol. The first-order valence-corrected chi connectivity index (χ1v) is 6.77. The van der Waals surface area contributed by atoms with Gasteiger partial charge >= 0.3 is 0 Å². The number of hydrogen-bond acceptors (Lipinski definition) is 1. The second kappa shape index (κ2) is 4.81. The second-order valence-corrected chi connectivity index (χ2v) is 6.36. The predicted octanol–water partition coefficient (Wildman–Crippen LogP) is 4.21. The van der Waals surface area contributed by atoms with Crippen LogP contribution in [0.25, 0.3) is 0 Å². The van der Waals surface area contributed by atoms with Crippen LogP contribution < -0.4 is 0 Å². The molecular formula is C16H24O. The first-order valence-electron chi connectivity index (χ1n) is 6.77. The molecule has 1 aliphatic rings. The van der Waals surface area contributed by atoms with Crippen molar-refractivity contribution in [3.8, 4) is 0 Å². The third-order valence-corrected chi connectivity index (χ3v) is 3.96. The highest BCUT2D eigenvalue weighted by atomic mass is 16.3. The first-order chi connectivity index (χ1) is 7.98. The summed E-state index contributed by atoms with van der Waals surface area (Å²) < 4.78 is 0. The number of aliphatic hydroxyl groups excluding tert-OH is 1. The summed E-state index contributed by atoms with van der Waals surface area (Å²) in [6.45, 7) is 6.65. The summed E-state index contributed by atoms with van der Waals surface area (Å²) in [4.78, 5) is 0. The molecule has 1 atom stereocenters. The molecule has 1 saturated carbocycles. The van der Waals surface area contributed by atoms with Gasteiger partial charge in [0.15, 0.2) is 0 Å². The van der Waals surface area contributed by atoms with Crippen LogP contribution in [0.15, 0.2) is 24.3 Å². The van der Waals surface area contributed by atoms with Crippen molar-refractivity contribution < 1.29 is 5.11 Å². The van der Waals surface area contributed by atoms with Gasteiger partial charge in [0.1, 0.15) is 0 Å². The highest BCUT2D eigenvalue weighted by molar-refractivity contribution is 5.29. The van der Waals surface area contributed by atoms with Crippen molar-refractivity contribution in [3.63, 3.8) is 0 Å². The standard InChI is InChI=1S/C16H24O/c1-16(2,3)14-10-8-13(9-11-14)15(17)12-6-4-5-7-12/h8-12,15,17H,4-7H2,1-3H3. The molecule has 0 bridgehead atoms. The third kappa shape index (κ3) is 2.90. The van der Waals surface area contributed by atoms with Crippen molar-refractivity contribution >= 4 is 0 Å². The fourth-order valence-corrected chi connectivity index (χ4v) is 2.73. The van der Waals surface area contributed by atoms with Gasteiger partial charge in [-0.1, -0.05) is 57.9 Å². The van der Waals surface area contributed by atoms with Crippen LogP contribution in [-0.4, -0.2) is 5.11 Å². The lowest BCUT2D eigenvalue weighted by atomic mass is 9.85. The summed E-state index contributed by atoms with van der Waals surface area (Å²) >= 11 is 0. The summed E-state index contributed by atoms with van der Waals surface area (Å²) in [6, 6.07) is 8.52. The van der Waals surface area contributed by atoms with Crippen LogP contribution in [-0.2, 0) is 5.41 Å². The minimum absolute atomic E-state index is 0.191. The molecule has 1 N–H and O–H groups in total. The average molecular weight is 232 g/mol. The largest absolute Gasteiger partial charge is 0.388 e. The maximum atomic E-state index is 10.3. The Morgan fingerprint density at radius 1 is 1.06 bits per heavy atom. The summed E-state index contributed by atoms with van der Waals surface area (Å²) in [6.07, 6.45) is 4.67. The Hall–Kier alpha value is -0.820. The maximum absolute atomic E-state index is 10.3. The number of hydrogen-bond donors (Lipinski definition) is 1. The molecule has 0 spiro atoms. The summed E-state index contributed by atoms with van der Waals surface area (Å²) in [5.41, 5.74) is 2.61. The van der Waals surface area contributed by atoms with E-state index in [4.69, 9.17) is 0 Å². The Labute approximate surface area is 105 Å². The Morgan fingerprint density at radius 2 is 1.59 bits per heavy atom. The van der Waals surface area contributed by atoms with Gasteiger partial charge in [0.05, 0.1) is 6.10 Å². The molecule has 1 heteroatoms. The lowest BCUT2D eigenvalue weighted by molar-refractivity contribution is 0.111. The molecule has 1 aliphatic carbocycles. The van der Waals surface area contributed by atoms with E-state index < -0.39 is 0 Å². The van der Waals surface area contributed by atoms with E-state index in [1.807, 2.05) is 0 Å². The van der Waals surface area contributed by atoms with E-state index in [2.05, 4.69) is 45.0 Å². The van der Waals surface area contributed by atoms with Crippen molar-refractivity contribution in [1.29, 1.82) is 0 Å². The minimum atomic E-state index is -0.258. The van der Waals surface area contributed by atoms with Crippen LogP contribution in [0.3, 0.4) is 0 Å². The molecule has 1 unspecified atom stereocenters. The topological polar surface area (TPSA) is 20.2 Å². The predicted molar refractivity (Wildman–Crippen MR) is 72.1 cm³/mol. The molecule has 0 amide bonds. The van der Waals surface area contributed by atoms with Crippen LogP contribution in [0.4, 0.5) is 0 Å². The van der Waals surface area contributed by atoms with Crippen molar-refractivity contribution in [3.05, 3.63) is 35.4 Å². The van der Waals surface area contributed by atoms with Crippen molar-refractivity contribution in [2.45, 2.75) is 58.0 Å².